The molecule has 0 amide bonds. The van der Waals surface area contributed by atoms with Crippen molar-refractivity contribution in [2.75, 3.05) is 6.16 Å². The highest BCUT2D eigenvalue weighted by Crippen LogP contribution is 2.27. The molecule has 0 fully saturated rings. The Hall–Kier alpha value is -0.610. The quantitative estimate of drug-likeness (QED) is 0.576. The molecule has 0 nitrogen and oxygen atoms in total. The molecule has 0 saturated carbocycles. The van der Waals surface area contributed by atoms with Crippen molar-refractivity contribution in [3.63, 3.8) is 0 Å². The molecule has 1 unspecified atom stereocenters. The third-order valence-corrected chi connectivity index (χ3v) is 3.90. The lowest BCUT2D eigenvalue weighted by atomic mass is 9.99. The molecule has 1 aliphatic rings. The number of benzene rings is 1. The smallest absolute Gasteiger partial charge is 0.00976 e. The average Bonchev–Trinajstić information content (AvgIpc) is 2.53. The predicted molar refractivity (Wildman–Crippen MR) is 56.1 cm³/mol. The fraction of sp³-hybridized carbons (Fsp3) is 0.364. The second-order valence-electron chi connectivity index (χ2n) is 3.32. The normalized spacial score (nSPS) is 23.8. The lowest BCUT2D eigenvalue weighted by Crippen LogP contribution is -2.05. The highest BCUT2D eigenvalue weighted by Gasteiger charge is 2.15. The van der Waals surface area contributed by atoms with E-state index < -0.39 is 0 Å². The van der Waals surface area contributed by atoms with Gasteiger partial charge in [0, 0.05) is 0 Å². The molecule has 1 aromatic carbocycles. The Morgan fingerprint density at radius 2 is 2.00 bits per heavy atom. The summed E-state index contributed by atoms with van der Waals surface area (Å²) in [5.74, 6) is 0.800. The molecular weight excluding hydrogens is 163 g/mol. The van der Waals surface area contributed by atoms with Crippen LogP contribution < -0.4 is 0 Å². The minimum atomic E-state index is 0.800. The van der Waals surface area contributed by atoms with Crippen LogP contribution in [0.2, 0.25) is 0 Å². The summed E-state index contributed by atoms with van der Waals surface area (Å²) in [4.78, 5) is 0. The van der Waals surface area contributed by atoms with E-state index in [1.54, 1.807) is 13.5 Å². The first-order chi connectivity index (χ1) is 5.88. The molecule has 1 heteroatoms. The van der Waals surface area contributed by atoms with Crippen LogP contribution in [0.1, 0.15) is 18.9 Å². The van der Waals surface area contributed by atoms with Crippen molar-refractivity contribution in [3.05, 3.63) is 35.9 Å². The predicted octanol–water partition coefficient (Wildman–Crippen LogP) is 3.19. The van der Waals surface area contributed by atoms with Crippen LogP contribution in [0, 0.1) is 5.92 Å². The van der Waals surface area contributed by atoms with Gasteiger partial charge in [-0.3, -0.25) is 0 Å². The topological polar surface area (TPSA) is 0 Å². The van der Waals surface area contributed by atoms with E-state index in [9.17, 15) is 0 Å². The summed E-state index contributed by atoms with van der Waals surface area (Å²) in [6.45, 7) is 2.34. The Morgan fingerprint density at radius 3 is 2.58 bits per heavy atom. The van der Waals surface area contributed by atoms with E-state index in [4.69, 9.17) is 0 Å². The molecule has 0 saturated heterocycles. The molecule has 0 radical (unpaired) electrons. The van der Waals surface area contributed by atoms with E-state index in [-0.39, 0.29) is 0 Å². The van der Waals surface area contributed by atoms with E-state index in [0.717, 1.165) is 5.92 Å². The monoisotopic (exact) mass is 176 g/mol. The van der Waals surface area contributed by atoms with Crippen molar-refractivity contribution in [1.82, 2.24) is 0 Å². The molecule has 1 aliphatic heterocycles. The van der Waals surface area contributed by atoms with Crippen molar-refractivity contribution in [1.29, 1.82) is 0 Å². The van der Waals surface area contributed by atoms with Crippen LogP contribution >= 0.6 is 8.20 Å². The first-order valence-electron chi connectivity index (χ1n) is 4.47. The van der Waals surface area contributed by atoms with Crippen molar-refractivity contribution in [2.45, 2.75) is 13.3 Å². The Morgan fingerprint density at radius 1 is 1.25 bits per heavy atom. The molecule has 0 bridgehead atoms. The second kappa shape index (κ2) is 3.41. The van der Waals surface area contributed by atoms with Gasteiger partial charge in [-0.05, 0) is 29.4 Å². The van der Waals surface area contributed by atoms with Crippen molar-refractivity contribution < 1.29 is 0 Å². The van der Waals surface area contributed by atoms with Crippen molar-refractivity contribution in [3.8, 4) is 0 Å². The third kappa shape index (κ3) is 1.44. The Balaban J connectivity index is 2.31. The summed E-state index contributed by atoms with van der Waals surface area (Å²) >= 11 is 0. The fourth-order valence-electron chi connectivity index (χ4n) is 1.66. The SMILES string of the molecule is CC1CCP=C1c1ccccc1. The number of hydrogen-bond donors (Lipinski definition) is 0. The maximum Gasteiger partial charge on any atom is -0.00976 e. The molecule has 0 N–H and O–H groups in total. The van der Waals surface area contributed by atoms with Gasteiger partial charge in [0.05, 0.1) is 0 Å². The van der Waals surface area contributed by atoms with Crippen molar-refractivity contribution in [2.24, 2.45) is 5.92 Å². The summed E-state index contributed by atoms with van der Waals surface area (Å²) < 4.78 is 0. The maximum absolute atomic E-state index is 2.34. The van der Waals surface area contributed by atoms with E-state index in [1.165, 1.54) is 18.1 Å². The Bertz CT molecular complexity index is 287. The van der Waals surface area contributed by atoms with Crippen LogP contribution in [0.4, 0.5) is 0 Å². The Labute approximate surface area is 75.4 Å². The summed E-state index contributed by atoms with van der Waals surface area (Å²) in [6.07, 6.45) is 2.72. The number of rotatable bonds is 1. The molecular formula is C11H13P. The highest BCUT2D eigenvalue weighted by atomic mass is 31.1. The van der Waals surface area contributed by atoms with E-state index in [0.29, 0.717) is 0 Å². The first kappa shape index (κ1) is 8.01. The summed E-state index contributed by atoms with van der Waals surface area (Å²) in [6, 6.07) is 10.8. The van der Waals surface area contributed by atoms with Gasteiger partial charge in [0.15, 0.2) is 0 Å². The van der Waals surface area contributed by atoms with Gasteiger partial charge in [0.1, 0.15) is 0 Å². The van der Waals surface area contributed by atoms with E-state index >= 15 is 0 Å². The van der Waals surface area contributed by atoms with Gasteiger partial charge in [-0.25, -0.2) is 0 Å². The van der Waals surface area contributed by atoms with Gasteiger partial charge in [-0.15, -0.1) is 8.20 Å². The summed E-state index contributed by atoms with van der Waals surface area (Å²) in [5.41, 5.74) is 1.45. The average molecular weight is 176 g/mol. The van der Waals surface area contributed by atoms with E-state index in [2.05, 4.69) is 37.3 Å². The zero-order chi connectivity index (χ0) is 8.39. The van der Waals surface area contributed by atoms with Gasteiger partial charge in [0.2, 0.25) is 0 Å². The van der Waals surface area contributed by atoms with Gasteiger partial charge in [0.25, 0.3) is 0 Å². The number of hydrogen-bond acceptors (Lipinski definition) is 0. The van der Waals surface area contributed by atoms with Crippen LogP contribution in [0.15, 0.2) is 30.3 Å². The molecule has 1 heterocycles. The minimum absolute atomic E-state index is 0.800. The molecule has 1 atom stereocenters. The van der Waals surface area contributed by atoms with E-state index in [1.807, 2.05) is 0 Å². The van der Waals surface area contributed by atoms with Crippen LogP contribution in [0.5, 0.6) is 0 Å². The van der Waals surface area contributed by atoms with Crippen molar-refractivity contribution >= 4 is 13.5 Å². The summed E-state index contributed by atoms with van der Waals surface area (Å²) in [5, 5.41) is 1.63. The molecule has 62 valence electrons. The fourth-order valence-corrected chi connectivity index (χ4v) is 3.19. The standard InChI is InChI=1S/C11H13P/c1-9-7-8-12-11(9)10-5-3-2-4-6-10/h2-6,9H,7-8H2,1H3. The molecule has 12 heavy (non-hydrogen) atoms. The second-order valence-corrected chi connectivity index (χ2v) is 4.57. The maximum atomic E-state index is 2.34. The third-order valence-electron chi connectivity index (χ3n) is 2.38. The zero-order valence-corrected chi connectivity index (χ0v) is 8.22. The lowest BCUT2D eigenvalue weighted by molar-refractivity contribution is 0.770. The lowest BCUT2D eigenvalue weighted by Gasteiger charge is -2.07. The van der Waals surface area contributed by atoms with Crippen LogP contribution in [-0.4, -0.2) is 11.5 Å². The van der Waals surface area contributed by atoms with Gasteiger partial charge in [-0.1, -0.05) is 37.3 Å². The van der Waals surface area contributed by atoms with Crippen LogP contribution in [0.25, 0.3) is 0 Å². The molecule has 2 rings (SSSR count). The summed E-state index contributed by atoms with van der Waals surface area (Å²) in [7, 11) is 1.55. The van der Waals surface area contributed by atoms with Gasteiger partial charge >= 0.3 is 0 Å². The largest absolute Gasteiger partial charge is 0.100 e. The van der Waals surface area contributed by atoms with Gasteiger partial charge in [-0.2, -0.15) is 0 Å². The van der Waals surface area contributed by atoms with Crippen LogP contribution in [-0.2, 0) is 0 Å². The molecule has 0 spiro atoms. The van der Waals surface area contributed by atoms with Crippen LogP contribution in [0.3, 0.4) is 0 Å². The highest BCUT2D eigenvalue weighted by molar-refractivity contribution is 7.42. The molecule has 1 aromatic rings. The first-order valence-corrected chi connectivity index (χ1v) is 5.55. The van der Waals surface area contributed by atoms with Gasteiger partial charge < -0.3 is 0 Å². The molecule has 0 aromatic heterocycles. The minimum Gasteiger partial charge on any atom is -0.100 e. The zero-order valence-electron chi connectivity index (χ0n) is 7.33. The molecule has 0 aliphatic carbocycles. The Kier molecular flexibility index (Phi) is 2.28.